The van der Waals surface area contributed by atoms with E-state index >= 15 is 0 Å². The summed E-state index contributed by atoms with van der Waals surface area (Å²) in [5.74, 6) is -10.1. The Morgan fingerprint density at radius 2 is 2.14 bits per heavy atom. The molecule has 3 N–H and O–H groups in total. The number of nitro groups is 1. The molecule has 10 heteroatoms. The molecule has 1 aromatic carbocycles. The largest absolute Gasteiger partial charge is 0.490 e. The smallest absolute Gasteiger partial charge is 0.311 e. The number of carbonyl (C=O) groups excluding carboxylic acids is 1. The highest BCUT2D eigenvalue weighted by Crippen LogP contribution is 2.39. The summed E-state index contributed by atoms with van der Waals surface area (Å²) in [4.78, 5) is 21.0. The number of carbonyl (C=O) groups is 1. The summed E-state index contributed by atoms with van der Waals surface area (Å²) in [5.41, 5.74) is 3.00. The number of alkyl halides is 2. The number of ether oxygens (including phenoxy) is 1. The van der Waals surface area contributed by atoms with Gasteiger partial charge < -0.3 is 15.6 Å². The maximum absolute atomic E-state index is 13.8. The summed E-state index contributed by atoms with van der Waals surface area (Å²) in [6.45, 7) is -1.78. The first-order valence-electron chi connectivity index (χ1n) is 5.45. The van der Waals surface area contributed by atoms with Crippen LogP contribution in [0.15, 0.2) is 12.1 Å². The molecule has 1 aromatic rings. The molecule has 0 spiro atoms. The molecule has 0 fully saturated rings. The number of nitrogens with two attached hydrogens (primary N) is 1. The summed E-state index contributed by atoms with van der Waals surface area (Å²) in [6, 6.07) is 0.935. The Bertz CT molecular complexity index is 579. The number of halogens is 3. The van der Waals surface area contributed by atoms with Crippen LogP contribution in [0.5, 0.6) is 5.75 Å². The minimum Gasteiger partial charge on any atom is -0.490 e. The van der Waals surface area contributed by atoms with Gasteiger partial charge in [-0.3, -0.25) is 14.9 Å². The van der Waals surface area contributed by atoms with E-state index in [9.17, 15) is 28.1 Å². The van der Waals surface area contributed by atoms with Gasteiger partial charge in [-0.15, -0.1) is 0 Å². The summed E-state index contributed by atoms with van der Waals surface area (Å²) in [7, 11) is 1.02. The number of primary amides is 1. The van der Waals surface area contributed by atoms with Gasteiger partial charge in [-0.2, -0.15) is 0 Å². The molecule has 0 radical (unpaired) electrons. The molecular weight excluding hydrogens is 297 g/mol. The minimum atomic E-state index is -4.07. The van der Waals surface area contributed by atoms with Crippen molar-refractivity contribution in [3.63, 3.8) is 0 Å². The Hall–Kier alpha value is -2.36. The zero-order valence-corrected chi connectivity index (χ0v) is 10.7. The molecule has 0 aliphatic rings. The highest BCUT2D eigenvalue weighted by molar-refractivity contribution is 5.83. The molecule has 116 valence electrons. The van der Waals surface area contributed by atoms with Crippen molar-refractivity contribution < 1.29 is 32.7 Å². The topological polar surface area (TPSA) is 116 Å². The van der Waals surface area contributed by atoms with Crippen molar-refractivity contribution in [1.82, 2.24) is 0 Å². The van der Waals surface area contributed by atoms with Crippen LogP contribution in [0, 0.1) is 15.9 Å². The number of hydrogen-bond donors (Lipinski definition) is 2. The number of methoxy groups -OCH3 is 1. The quantitative estimate of drug-likeness (QED) is 0.599. The maximum atomic E-state index is 13.8. The number of hydrogen-bond acceptors (Lipinski definition) is 5. The van der Waals surface area contributed by atoms with Crippen molar-refractivity contribution >= 4 is 11.6 Å². The molecule has 0 bridgehead atoms. The van der Waals surface area contributed by atoms with E-state index in [-0.39, 0.29) is 0 Å². The summed E-state index contributed by atoms with van der Waals surface area (Å²) >= 11 is 0. The van der Waals surface area contributed by atoms with Gasteiger partial charge in [-0.05, 0) is 0 Å². The van der Waals surface area contributed by atoms with Crippen molar-refractivity contribution in [2.75, 3.05) is 13.7 Å². The molecule has 7 nitrogen and oxygen atoms in total. The Kier molecular flexibility index (Phi) is 4.73. The number of benzene rings is 1. The summed E-state index contributed by atoms with van der Waals surface area (Å²) in [6.07, 6.45) is 0. The lowest BCUT2D eigenvalue weighted by Gasteiger charge is -2.23. The van der Waals surface area contributed by atoms with Gasteiger partial charge in [0.25, 0.3) is 5.92 Å². The second-order valence-electron chi connectivity index (χ2n) is 4.06. The first-order valence-corrected chi connectivity index (χ1v) is 5.45. The Morgan fingerprint density at radius 3 is 2.52 bits per heavy atom. The standard InChI is InChI=1S/C11H11F3N2O5/c1-21-8-3-6(12)5(2-7(8)16(19)20)9(10(15)18)11(13,14)4-17/h2-3,9,17H,4H2,1H3,(H2,15,18). The minimum absolute atomic E-state index is 0.438. The van der Waals surface area contributed by atoms with E-state index in [2.05, 4.69) is 4.74 Å². The van der Waals surface area contributed by atoms with E-state index in [0.29, 0.717) is 12.1 Å². The third kappa shape index (κ3) is 3.21. The van der Waals surface area contributed by atoms with E-state index in [4.69, 9.17) is 10.8 Å². The molecule has 0 aliphatic carbocycles. The van der Waals surface area contributed by atoms with Crippen LogP contribution in [0.1, 0.15) is 11.5 Å². The zero-order chi connectivity index (χ0) is 16.4. The highest BCUT2D eigenvalue weighted by Gasteiger charge is 2.46. The van der Waals surface area contributed by atoms with Crippen molar-refractivity contribution in [3.8, 4) is 5.75 Å². The van der Waals surface area contributed by atoms with Gasteiger partial charge in [-0.1, -0.05) is 0 Å². The molecule has 1 unspecified atom stereocenters. The van der Waals surface area contributed by atoms with E-state index in [1.807, 2.05) is 0 Å². The second kappa shape index (κ2) is 5.95. The van der Waals surface area contributed by atoms with E-state index in [1.165, 1.54) is 0 Å². The molecule has 0 aliphatic heterocycles. The molecule has 1 atom stereocenters. The zero-order valence-electron chi connectivity index (χ0n) is 10.7. The van der Waals surface area contributed by atoms with Gasteiger partial charge in [0, 0.05) is 17.7 Å². The fraction of sp³-hybridized carbons (Fsp3) is 0.364. The number of amides is 1. The van der Waals surface area contributed by atoms with E-state index < -0.39 is 52.1 Å². The molecule has 1 rings (SSSR count). The van der Waals surface area contributed by atoms with E-state index in [0.717, 1.165) is 7.11 Å². The van der Waals surface area contributed by atoms with Crippen LogP contribution in [0.4, 0.5) is 18.9 Å². The lowest BCUT2D eigenvalue weighted by Crippen LogP contribution is -2.39. The Balaban J connectivity index is 3.56. The van der Waals surface area contributed by atoms with Gasteiger partial charge in [0.1, 0.15) is 18.3 Å². The fourth-order valence-electron chi connectivity index (χ4n) is 1.77. The van der Waals surface area contributed by atoms with Gasteiger partial charge in [0.15, 0.2) is 5.75 Å². The predicted molar refractivity (Wildman–Crippen MR) is 63.6 cm³/mol. The van der Waals surface area contributed by atoms with E-state index in [1.54, 1.807) is 0 Å². The van der Waals surface area contributed by atoms with Gasteiger partial charge in [0.05, 0.1) is 12.0 Å². The first kappa shape index (κ1) is 16.7. The van der Waals surface area contributed by atoms with Crippen LogP contribution >= 0.6 is 0 Å². The van der Waals surface area contributed by atoms with Gasteiger partial charge >= 0.3 is 5.69 Å². The molecule has 1 amide bonds. The van der Waals surface area contributed by atoms with Crippen LogP contribution in [-0.4, -0.2) is 35.6 Å². The lowest BCUT2D eigenvalue weighted by molar-refractivity contribution is -0.385. The second-order valence-corrected chi connectivity index (χ2v) is 4.06. The van der Waals surface area contributed by atoms with Crippen molar-refractivity contribution in [1.29, 1.82) is 0 Å². The van der Waals surface area contributed by atoms with Crippen LogP contribution in [0.25, 0.3) is 0 Å². The molecule has 21 heavy (non-hydrogen) atoms. The molecule has 0 heterocycles. The number of nitrogens with zero attached hydrogens (tertiary/aromatic N) is 1. The summed E-state index contributed by atoms with van der Waals surface area (Å²) in [5, 5.41) is 19.4. The number of aliphatic hydroxyl groups excluding tert-OH is 1. The number of nitro benzene ring substituents is 1. The monoisotopic (exact) mass is 308 g/mol. The average molecular weight is 308 g/mol. The van der Waals surface area contributed by atoms with Gasteiger partial charge in [0.2, 0.25) is 5.91 Å². The fourth-order valence-corrected chi connectivity index (χ4v) is 1.77. The number of rotatable bonds is 6. The number of aliphatic hydroxyl groups is 1. The van der Waals surface area contributed by atoms with Crippen molar-refractivity contribution in [2.45, 2.75) is 11.8 Å². The van der Waals surface area contributed by atoms with Crippen molar-refractivity contribution in [2.24, 2.45) is 5.73 Å². The molecular formula is C11H11F3N2O5. The van der Waals surface area contributed by atoms with Crippen LogP contribution < -0.4 is 10.5 Å². The Labute approximate surface area is 116 Å². The van der Waals surface area contributed by atoms with Crippen LogP contribution in [0.2, 0.25) is 0 Å². The van der Waals surface area contributed by atoms with Crippen LogP contribution in [-0.2, 0) is 4.79 Å². The predicted octanol–water partition coefficient (Wildman–Crippen LogP) is 0.939. The summed E-state index contributed by atoms with van der Waals surface area (Å²) < 4.78 is 45.5. The lowest BCUT2D eigenvalue weighted by atomic mass is 9.91. The SMILES string of the molecule is COc1cc(F)c(C(C(N)=O)C(F)(F)CO)cc1[N+](=O)[O-]. The Morgan fingerprint density at radius 1 is 1.57 bits per heavy atom. The van der Waals surface area contributed by atoms with Crippen molar-refractivity contribution in [3.05, 3.63) is 33.6 Å². The third-order valence-corrected chi connectivity index (χ3v) is 2.72. The highest BCUT2D eigenvalue weighted by atomic mass is 19.3. The normalized spacial score (nSPS) is 12.8. The van der Waals surface area contributed by atoms with Crippen LogP contribution in [0.3, 0.4) is 0 Å². The molecule has 0 saturated heterocycles. The third-order valence-electron chi connectivity index (χ3n) is 2.72. The maximum Gasteiger partial charge on any atom is 0.311 e. The van der Waals surface area contributed by atoms with Gasteiger partial charge in [-0.25, -0.2) is 13.2 Å². The average Bonchev–Trinajstić information content (AvgIpc) is 2.39. The molecule has 0 aromatic heterocycles. The first-order chi connectivity index (χ1) is 9.65. The molecule has 0 saturated carbocycles.